The van der Waals surface area contributed by atoms with Gasteiger partial charge in [-0.2, -0.15) is 0 Å². The van der Waals surface area contributed by atoms with Crippen LogP contribution in [0.15, 0.2) is 0 Å². The zero-order valence-corrected chi connectivity index (χ0v) is 6.99. The van der Waals surface area contributed by atoms with E-state index in [1.165, 1.54) is 0 Å². The third kappa shape index (κ3) is 1.61. The van der Waals surface area contributed by atoms with Gasteiger partial charge in [-0.15, -0.1) is 12.4 Å². The van der Waals surface area contributed by atoms with E-state index in [2.05, 4.69) is 19.3 Å². The standard InChI is InChI=1S/C6H12N2O.ClH/c1-6(2)3-4(6)5(9)8-7;/h4H,3,7H2,1-2H3,(H,8,9);1H/t4-;/m0./s1. The molecular formula is C6H13ClN2O. The van der Waals surface area contributed by atoms with Gasteiger partial charge >= 0.3 is 0 Å². The van der Waals surface area contributed by atoms with Gasteiger partial charge in [-0.05, 0) is 11.8 Å². The Bertz CT molecular complexity index is 147. The molecule has 0 aliphatic heterocycles. The number of nitrogens with one attached hydrogen (secondary N) is 1. The second-order valence-corrected chi connectivity index (χ2v) is 3.25. The normalized spacial score (nSPS) is 26.5. The Morgan fingerprint density at radius 3 is 2.20 bits per heavy atom. The molecule has 1 atom stereocenters. The predicted molar refractivity (Wildman–Crippen MR) is 41.5 cm³/mol. The molecule has 0 spiro atoms. The lowest BCUT2D eigenvalue weighted by Crippen LogP contribution is -2.32. The van der Waals surface area contributed by atoms with Gasteiger partial charge in [0, 0.05) is 5.92 Å². The van der Waals surface area contributed by atoms with Crippen LogP contribution >= 0.6 is 12.4 Å². The van der Waals surface area contributed by atoms with Crippen molar-refractivity contribution in [2.45, 2.75) is 20.3 Å². The number of rotatable bonds is 1. The van der Waals surface area contributed by atoms with Gasteiger partial charge in [0.1, 0.15) is 0 Å². The summed E-state index contributed by atoms with van der Waals surface area (Å²) in [6, 6.07) is 0. The molecule has 1 saturated carbocycles. The molecule has 0 radical (unpaired) electrons. The van der Waals surface area contributed by atoms with Crippen LogP contribution in [-0.4, -0.2) is 5.91 Å². The number of hydrogen-bond acceptors (Lipinski definition) is 2. The lowest BCUT2D eigenvalue weighted by molar-refractivity contribution is -0.123. The van der Waals surface area contributed by atoms with E-state index in [0.29, 0.717) is 0 Å². The van der Waals surface area contributed by atoms with Gasteiger partial charge in [0.2, 0.25) is 5.91 Å². The molecule has 0 aromatic rings. The lowest BCUT2D eigenvalue weighted by Gasteiger charge is -1.99. The number of nitrogens with two attached hydrogens (primary N) is 1. The van der Waals surface area contributed by atoms with Crippen LogP contribution in [0.5, 0.6) is 0 Å². The van der Waals surface area contributed by atoms with E-state index in [4.69, 9.17) is 5.84 Å². The number of halogens is 1. The van der Waals surface area contributed by atoms with Crippen molar-refractivity contribution in [3.05, 3.63) is 0 Å². The quantitative estimate of drug-likeness (QED) is 0.336. The van der Waals surface area contributed by atoms with Crippen LogP contribution in [0, 0.1) is 11.3 Å². The predicted octanol–water partition coefficient (Wildman–Crippen LogP) is 0.444. The summed E-state index contributed by atoms with van der Waals surface area (Å²) >= 11 is 0. The molecule has 4 heteroatoms. The summed E-state index contributed by atoms with van der Waals surface area (Å²) in [5, 5.41) is 0. The maximum atomic E-state index is 10.8. The molecule has 3 N–H and O–H groups in total. The number of amides is 1. The first kappa shape index (κ1) is 9.72. The average Bonchev–Trinajstić information content (AvgIpc) is 2.38. The molecule has 0 aromatic heterocycles. The fourth-order valence-corrected chi connectivity index (χ4v) is 1.02. The molecule has 1 aliphatic carbocycles. The van der Waals surface area contributed by atoms with Gasteiger partial charge in [0.15, 0.2) is 0 Å². The first-order valence-electron chi connectivity index (χ1n) is 3.08. The molecule has 0 unspecified atom stereocenters. The molecular weight excluding hydrogens is 152 g/mol. The summed E-state index contributed by atoms with van der Waals surface area (Å²) in [5.41, 5.74) is 2.34. The smallest absolute Gasteiger partial charge is 0.237 e. The molecule has 0 saturated heterocycles. The number of carbonyl (C=O) groups excluding carboxylic acids is 1. The van der Waals surface area contributed by atoms with Crippen molar-refractivity contribution in [3.63, 3.8) is 0 Å². The molecule has 3 nitrogen and oxygen atoms in total. The van der Waals surface area contributed by atoms with Gasteiger partial charge < -0.3 is 0 Å². The maximum absolute atomic E-state index is 10.8. The van der Waals surface area contributed by atoms with Crippen molar-refractivity contribution in [1.29, 1.82) is 0 Å². The Morgan fingerprint density at radius 1 is 1.70 bits per heavy atom. The fourth-order valence-electron chi connectivity index (χ4n) is 1.02. The second-order valence-electron chi connectivity index (χ2n) is 3.25. The monoisotopic (exact) mass is 164 g/mol. The van der Waals surface area contributed by atoms with Crippen LogP contribution in [0.1, 0.15) is 20.3 Å². The summed E-state index contributed by atoms with van der Waals surface area (Å²) < 4.78 is 0. The van der Waals surface area contributed by atoms with Crippen LogP contribution in [0.3, 0.4) is 0 Å². The third-order valence-electron chi connectivity index (χ3n) is 1.97. The van der Waals surface area contributed by atoms with E-state index in [0.717, 1.165) is 6.42 Å². The van der Waals surface area contributed by atoms with Crippen LogP contribution in [0.4, 0.5) is 0 Å². The van der Waals surface area contributed by atoms with E-state index >= 15 is 0 Å². The molecule has 1 rings (SSSR count). The summed E-state index contributed by atoms with van der Waals surface area (Å²) in [7, 11) is 0. The van der Waals surface area contributed by atoms with Crippen molar-refractivity contribution in [3.8, 4) is 0 Å². The molecule has 1 amide bonds. The van der Waals surface area contributed by atoms with Crippen molar-refractivity contribution in [2.75, 3.05) is 0 Å². The van der Waals surface area contributed by atoms with Crippen LogP contribution in [-0.2, 0) is 4.79 Å². The summed E-state index contributed by atoms with van der Waals surface area (Å²) in [6.07, 6.45) is 0.968. The number of hydrazine groups is 1. The average molecular weight is 165 g/mol. The lowest BCUT2D eigenvalue weighted by atomic mass is 10.1. The van der Waals surface area contributed by atoms with Crippen molar-refractivity contribution < 1.29 is 4.79 Å². The Morgan fingerprint density at radius 2 is 2.10 bits per heavy atom. The summed E-state index contributed by atoms with van der Waals surface area (Å²) in [6.45, 7) is 4.12. The Hall–Kier alpha value is -0.280. The van der Waals surface area contributed by atoms with Crippen LogP contribution in [0.2, 0.25) is 0 Å². The van der Waals surface area contributed by atoms with E-state index in [1.54, 1.807) is 0 Å². The minimum atomic E-state index is -0.0278. The maximum Gasteiger partial charge on any atom is 0.237 e. The Labute approximate surface area is 66.7 Å². The SMILES string of the molecule is CC1(C)C[C@H]1C(=O)NN.Cl. The van der Waals surface area contributed by atoms with E-state index in [1.807, 2.05) is 0 Å². The van der Waals surface area contributed by atoms with Crippen molar-refractivity contribution in [2.24, 2.45) is 17.2 Å². The Balaban J connectivity index is 0.000000810. The molecule has 1 aliphatic rings. The highest BCUT2D eigenvalue weighted by Crippen LogP contribution is 2.51. The van der Waals surface area contributed by atoms with E-state index in [9.17, 15) is 4.79 Å². The molecule has 10 heavy (non-hydrogen) atoms. The Kier molecular flexibility index (Phi) is 2.68. The molecule has 1 fully saturated rings. The third-order valence-corrected chi connectivity index (χ3v) is 1.97. The summed E-state index contributed by atoms with van der Waals surface area (Å²) in [5.74, 6) is 5.06. The van der Waals surface area contributed by atoms with Crippen molar-refractivity contribution in [1.82, 2.24) is 5.43 Å². The van der Waals surface area contributed by atoms with Gasteiger partial charge in [-0.3, -0.25) is 10.2 Å². The van der Waals surface area contributed by atoms with Crippen LogP contribution < -0.4 is 11.3 Å². The highest BCUT2D eigenvalue weighted by Gasteiger charge is 2.50. The molecule has 0 bridgehead atoms. The van der Waals surface area contributed by atoms with E-state index in [-0.39, 0.29) is 29.6 Å². The van der Waals surface area contributed by atoms with Gasteiger partial charge in [-0.25, -0.2) is 5.84 Å². The van der Waals surface area contributed by atoms with Gasteiger partial charge in [0.05, 0.1) is 0 Å². The minimum absolute atomic E-state index is 0. The highest BCUT2D eigenvalue weighted by molar-refractivity contribution is 5.85. The number of hydrogen-bond donors (Lipinski definition) is 2. The zero-order chi connectivity index (χ0) is 7.07. The van der Waals surface area contributed by atoms with E-state index < -0.39 is 0 Å². The first-order valence-corrected chi connectivity index (χ1v) is 3.08. The molecule has 0 aromatic carbocycles. The second kappa shape index (κ2) is 2.76. The highest BCUT2D eigenvalue weighted by atomic mass is 35.5. The zero-order valence-electron chi connectivity index (χ0n) is 6.18. The largest absolute Gasteiger partial charge is 0.294 e. The van der Waals surface area contributed by atoms with Crippen LogP contribution in [0.25, 0.3) is 0 Å². The minimum Gasteiger partial charge on any atom is -0.294 e. The van der Waals surface area contributed by atoms with Crippen molar-refractivity contribution >= 4 is 18.3 Å². The van der Waals surface area contributed by atoms with Gasteiger partial charge in [0.25, 0.3) is 0 Å². The fraction of sp³-hybridized carbons (Fsp3) is 0.833. The molecule has 60 valence electrons. The molecule has 0 heterocycles. The first-order chi connectivity index (χ1) is 4.08. The summed E-state index contributed by atoms with van der Waals surface area (Å²) in [4.78, 5) is 10.8. The topological polar surface area (TPSA) is 55.1 Å². The van der Waals surface area contributed by atoms with Gasteiger partial charge in [-0.1, -0.05) is 13.8 Å². The number of carbonyl (C=O) groups is 1.